The molecule has 4 rings (SSSR count). The molecule has 0 aromatic heterocycles. The van der Waals surface area contributed by atoms with Crippen LogP contribution in [0.5, 0.6) is 11.5 Å². The van der Waals surface area contributed by atoms with Crippen molar-refractivity contribution in [2.24, 2.45) is 0 Å². The maximum atomic E-state index is 11.5. The van der Waals surface area contributed by atoms with Crippen LogP contribution in [0.3, 0.4) is 0 Å². The molecule has 1 aliphatic rings. The summed E-state index contributed by atoms with van der Waals surface area (Å²) < 4.78 is 10.8. The third-order valence-electron chi connectivity index (χ3n) is 3.83. The summed E-state index contributed by atoms with van der Waals surface area (Å²) in [6.07, 6.45) is 0. The predicted octanol–water partition coefficient (Wildman–Crippen LogP) is 3.73. The first-order valence-electron chi connectivity index (χ1n) is 6.63. The molecule has 21 heavy (non-hydrogen) atoms. The van der Waals surface area contributed by atoms with Crippen LogP contribution in [0, 0.1) is 6.92 Å². The fraction of sp³-hybridized carbons (Fsp3) is 0.118. The fourth-order valence-corrected chi connectivity index (χ4v) is 2.84. The van der Waals surface area contributed by atoms with E-state index >= 15 is 0 Å². The lowest BCUT2D eigenvalue weighted by Crippen LogP contribution is -1.98. The van der Waals surface area contributed by atoms with Gasteiger partial charge < -0.3 is 14.6 Å². The topological polar surface area (TPSA) is 55.8 Å². The Labute approximate surface area is 120 Å². The minimum absolute atomic E-state index is 0.203. The van der Waals surface area contributed by atoms with Crippen LogP contribution in [-0.4, -0.2) is 17.9 Å². The second-order valence-electron chi connectivity index (χ2n) is 5.20. The Bertz CT molecular complexity index is 912. The average molecular weight is 280 g/mol. The predicted molar refractivity (Wildman–Crippen MR) is 79.3 cm³/mol. The fourth-order valence-electron chi connectivity index (χ4n) is 2.84. The molecule has 0 atom stereocenters. The van der Waals surface area contributed by atoms with Crippen LogP contribution < -0.4 is 9.47 Å². The van der Waals surface area contributed by atoms with Crippen molar-refractivity contribution in [1.29, 1.82) is 0 Å². The van der Waals surface area contributed by atoms with Gasteiger partial charge in [0, 0.05) is 0 Å². The van der Waals surface area contributed by atoms with Crippen molar-refractivity contribution >= 4 is 27.5 Å². The Kier molecular flexibility index (Phi) is 2.36. The highest BCUT2D eigenvalue weighted by Gasteiger charge is 2.18. The second-order valence-corrected chi connectivity index (χ2v) is 5.20. The number of hydrogen-bond donors (Lipinski definition) is 1. The maximum absolute atomic E-state index is 11.5. The Morgan fingerprint density at radius 3 is 2.52 bits per heavy atom. The monoisotopic (exact) mass is 280 g/mol. The van der Waals surface area contributed by atoms with E-state index in [2.05, 4.69) is 0 Å². The molecule has 1 aliphatic heterocycles. The van der Waals surface area contributed by atoms with E-state index in [1.807, 2.05) is 37.3 Å². The summed E-state index contributed by atoms with van der Waals surface area (Å²) in [5.74, 6) is 0.433. The summed E-state index contributed by atoms with van der Waals surface area (Å²) in [7, 11) is 0. The van der Waals surface area contributed by atoms with Crippen molar-refractivity contribution in [3.05, 3.63) is 47.5 Å². The number of carbonyl (C=O) groups is 1. The van der Waals surface area contributed by atoms with E-state index in [9.17, 15) is 9.90 Å². The molecule has 1 heterocycles. The molecular weight excluding hydrogens is 268 g/mol. The number of benzene rings is 3. The van der Waals surface area contributed by atoms with E-state index in [0.717, 1.165) is 27.1 Å². The van der Waals surface area contributed by atoms with Crippen molar-refractivity contribution in [3.8, 4) is 11.5 Å². The number of aryl methyl sites for hydroxylation is 1. The molecule has 0 unspecified atom stereocenters. The Morgan fingerprint density at radius 1 is 1.00 bits per heavy atom. The van der Waals surface area contributed by atoms with E-state index < -0.39 is 5.97 Å². The largest absolute Gasteiger partial charge is 0.478 e. The van der Waals surface area contributed by atoms with Gasteiger partial charge >= 0.3 is 5.97 Å². The van der Waals surface area contributed by atoms with Gasteiger partial charge in [0.05, 0.1) is 5.56 Å². The van der Waals surface area contributed by atoms with Crippen molar-refractivity contribution in [1.82, 2.24) is 0 Å². The number of carboxylic acids is 1. The second kappa shape index (κ2) is 4.12. The highest BCUT2D eigenvalue weighted by molar-refractivity contribution is 6.16. The molecule has 0 bridgehead atoms. The van der Waals surface area contributed by atoms with E-state index in [1.54, 1.807) is 6.07 Å². The van der Waals surface area contributed by atoms with Gasteiger partial charge in [-0.05, 0) is 46.7 Å². The molecule has 0 amide bonds. The van der Waals surface area contributed by atoms with E-state index in [-0.39, 0.29) is 6.79 Å². The highest BCUT2D eigenvalue weighted by Crippen LogP contribution is 2.39. The SMILES string of the molecule is Cc1ccc2c(C(=O)O)cc3cc4c(cc3c2c1)OCO4. The van der Waals surface area contributed by atoms with Gasteiger partial charge in [-0.25, -0.2) is 4.79 Å². The van der Waals surface area contributed by atoms with Gasteiger partial charge in [-0.15, -0.1) is 0 Å². The minimum Gasteiger partial charge on any atom is -0.478 e. The summed E-state index contributed by atoms with van der Waals surface area (Å²) in [6.45, 7) is 2.19. The summed E-state index contributed by atoms with van der Waals surface area (Å²) in [4.78, 5) is 11.5. The molecular formula is C17H12O4. The molecule has 3 aromatic rings. The smallest absolute Gasteiger partial charge is 0.336 e. The molecule has 1 N–H and O–H groups in total. The van der Waals surface area contributed by atoms with Gasteiger partial charge in [0.15, 0.2) is 11.5 Å². The van der Waals surface area contributed by atoms with Gasteiger partial charge in [0.25, 0.3) is 0 Å². The van der Waals surface area contributed by atoms with Crippen LogP contribution in [0.15, 0.2) is 36.4 Å². The lowest BCUT2D eigenvalue weighted by Gasteiger charge is -2.09. The highest BCUT2D eigenvalue weighted by atomic mass is 16.7. The lowest BCUT2D eigenvalue weighted by molar-refractivity contribution is 0.0699. The van der Waals surface area contributed by atoms with Gasteiger partial charge in [-0.2, -0.15) is 0 Å². The van der Waals surface area contributed by atoms with Gasteiger partial charge in [0.2, 0.25) is 6.79 Å². The number of aromatic carboxylic acids is 1. The number of ether oxygens (including phenoxy) is 2. The van der Waals surface area contributed by atoms with Crippen LogP contribution in [0.25, 0.3) is 21.5 Å². The molecule has 0 saturated heterocycles. The number of hydrogen-bond acceptors (Lipinski definition) is 3. The first-order chi connectivity index (χ1) is 10.1. The van der Waals surface area contributed by atoms with Gasteiger partial charge in [0.1, 0.15) is 0 Å². The van der Waals surface area contributed by atoms with Crippen molar-refractivity contribution in [3.63, 3.8) is 0 Å². The zero-order chi connectivity index (χ0) is 14.6. The number of carboxylic acid groups (broad SMARTS) is 1. The molecule has 3 aromatic carbocycles. The Hall–Kier alpha value is -2.75. The quantitative estimate of drug-likeness (QED) is 0.690. The summed E-state index contributed by atoms with van der Waals surface area (Å²) in [5.41, 5.74) is 1.39. The Balaban J connectivity index is 2.20. The van der Waals surface area contributed by atoms with Gasteiger partial charge in [-0.1, -0.05) is 23.8 Å². The van der Waals surface area contributed by atoms with Crippen molar-refractivity contribution in [2.45, 2.75) is 6.92 Å². The summed E-state index contributed by atoms with van der Waals surface area (Å²) in [5, 5.41) is 12.9. The van der Waals surface area contributed by atoms with Crippen LogP contribution in [0.1, 0.15) is 15.9 Å². The number of rotatable bonds is 1. The standard InChI is InChI=1S/C17H12O4/c1-9-2-3-11-13(4-9)12-7-16-15(20-8-21-16)6-10(12)5-14(11)17(18)19/h2-7H,8H2,1H3,(H,18,19). The van der Waals surface area contributed by atoms with E-state index in [1.165, 1.54) is 0 Å². The van der Waals surface area contributed by atoms with Crippen LogP contribution in [0.4, 0.5) is 0 Å². The molecule has 0 radical (unpaired) electrons. The molecule has 0 fully saturated rings. The van der Waals surface area contributed by atoms with Crippen LogP contribution in [0.2, 0.25) is 0 Å². The lowest BCUT2D eigenvalue weighted by atomic mass is 9.95. The average Bonchev–Trinajstić information content (AvgIpc) is 2.91. The Morgan fingerprint density at radius 2 is 1.76 bits per heavy atom. The zero-order valence-corrected chi connectivity index (χ0v) is 11.3. The summed E-state index contributed by atoms with van der Waals surface area (Å²) in [6, 6.07) is 11.2. The van der Waals surface area contributed by atoms with E-state index in [4.69, 9.17) is 9.47 Å². The van der Waals surface area contributed by atoms with Crippen molar-refractivity contribution < 1.29 is 19.4 Å². The van der Waals surface area contributed by atoms with Crippen molar-refractivity contribution in [2.75, 3.05) is 6.79 Å². The molecule has 4 nitrogen and oxygen atoms in total. The van der Waals surface area contributed by atoms with Crippen LogP contribution in [-0.2, 0) is 0 Å². The molecule has 4 heteroatoms. The summed E-state index contributed by atoms with van der Waals surface area (Å²) >= 11 is 0. The third-order valence-corrected chi connectivity index (χ3v) is 3.83. The molecule has 0 aliphatic carbocycles. The minimum atomic E-state index is -0.927. The normalized spacial score (nSPS) is 13.0. The third kappa shape index (κ3) is 1.72. The first kappa shape index (κ1) is 12.0. The number of fused-ring (bicyclic) bond motifs is 4. The van der Waals surface area contributed by atoms with Gasteiger partial charge in [-0.3, -0.25) is 0 Å². The zero-order valence-electron chi connectivity index (χ0n) is 11.3. The molecule has 104 valence electrons. The van der Waals surface area contributed by atoms with E-state index in [0.29, 0.717) is 17.1 Å². The first-order valence-corrected chi connectivity index (χ1v) is 6.63. The molecule has 0 spiro atoms. The molecule has 0 saturated carbocycles. The van der Waals surface area contributed by atoms with Crippen LogP contribution >= 0.6 is 0 Å². The maximum Gasteiger partial charge on any atom is 0.336 e.